The summed E-state index contributed by atoms with van der Waals surface area (Å²) in [5, 5.41) is 8.01. The minimum absolute atomic E-state index is 0.264. The van der Waals surface area contributed by atoms with Crippen LogP contribution in [0.2, 0.25) is 0 Å². The quantitative estimate of drug-likeness (QED) is 0.885. The van der Waals surface area contributed by atoms with Gasteiger partial charge in [0.1, 0.15) is 0 Å². The van der Waals surface area contributed by atoms with E-state index in [0.29, 0.717) is 6.04 Å². The first-order valence-electron chi connectivity index (χ1n) is 7.53. The zero-order valence-electron chi connectivity index (χ0n) is 12.8. The van der Waals surface area contributed by atoms with E-state index >= 15 is 0 Å². The molecule has 1 aromatic rings. The van der Waals surface area contributed by atoms with E-state index in [0.717, 1.165) is 19.6 Å². The van der Waals surface area contributed by atoms with Crippen LogP contribution in [0.3, 0.4) is 0 Å². The Morgan fingerprint density at radius 2 is 2.26 bits per heavy atom. The average Bonchev–Trinajstić information content (AvgIpc) is 2.80. The van der Waals surface area contributed by atoms with Crippen LogP contribution < -0.4 is 5.32 Å². The van der Waals surface area contributed by atoms with E-state index in [1.54, 1.807) is 0 Å². The topological polar surface area (TPSA) is 33.1 Å². The van der Waals surface area contributed by atoms with Crippen molar-refractivity contribution in [3.8, 4) is 0 Å². The maximum atomic E-state index is 4.29. The molecule has 2 unspecified atom stereocenters. The SMILES string of the molecule is CCCC1CN(Cc2cnn(C)c2)C(C)(CC)CN1. The van der Waals surface area contributed by atoms with Crippen molar-refractivity contribution in [2.45, 2.75) is 58.2 Å². The van der Waals surface area contributed by atoms with E-state index in [1.165, 1.54) is 24.8 Å². The smallest absolute Gasteiger partial charge is 0.0534 e. The number of nitrogens with zero attached hydrogens (tertiary/aromatic N) is 3. The van der Waals surface area contributed by atoms with Crippen molar-refractivity contribution in [2.75, 3.05) is 13.1 Å². The van der Waals surface area contributed by atoms with Gasteiger partial charge in [-0.15, -0.1) is 0 Å². The molecule has 1 aliphatic heterocycles. The molecule has 2 rings (SSSR count). The van der Waals surface area contributed by atoms with Crippen LogP contribution in [0.4, 0.5) is 0 Å². The van der Waals surface area contributed by atoms with Gasteiger partial charge in [0.25, 0.3) is 0 Å². The van der Waals surface area contributed by atoms with Crippen LogP contribution in [0.1, 0.15) is 45.6 Å². The summed E-state index contributed by atoms with van der Waals surface area (Å²) >= 11 is 0. The average molecular weight is 264 g/mol. The van der Waals surface area contributed by atoms with Gasteiger partial charge in [-0.3, -0.25) is 9.58 Å². The number of nitrogens with one attached hydrogen (secondary N) is 1. The summed E-state index contributed by atoms with van der Waals surface area (Å²) in [6, 6.07) is 0.640. The second kappa shape index (κ2) is 6.06. The van der Waals surface area contributed by atoms with E-state index in [9.17, 15) is 0 Å². The third-order valence-electron chi connectivity index (χ3n) is 4.51. The van der Waals surface area contributed by atoms with E-state index in [-0.39, 0.29) is 5.54 Å². The molecule has 0 bridgehead atoms. The Balaban J connectivity index is 2.07. The van der Waals surface area contributed by atoms with Crippen molar-refractivity contribution < 1.29 is 0 Å². The van der Waals surface area contributed by atoms with Crippen LogP contribution in [0.5, 0.6) is 0 Å². The second-order valence-electron chi connectivity index (χ2n) is 6.12. The highest BCUT2D eigenvalue weighted by atomic mass is 15.3. The highest BCUT2D eigenvalue weighted by Gasteiger charge is 2.35. The monoisotopic (exact) mass is 264 g/mol. The van der Waals surface area contributed by atoms with Crippen molar-refractivity contribution in [1.29, 1.82) is 0 Å². The molecule has 0 radical (unpaired) electrons. The normalized spacial score (nSPS) is 28.7. The van der Waals surface area contributed by atoms with Crippen molar-refractivity contribution in [1.82, 2.24) is 20.0 Å². The number of aromatic nitrogens is 2. The van der Waals surface area contributed by atoms with E-state index in [1.807, 2.05) is 17.9 Å². The van der Waals surface area contributed by atoms with Crippen LogP contribution in [0, 0.1) is 0 Å². The molecule has 2 atom stereocenters. The van der Waals surface area contributed by atoms with Crippen molar-refractivity contribution in [3.63, 3.8) is 0 Å². The number of piperazine rings is 1. The van der Waals surface area contributed by atoms with Crippen molar-refractivity contribution >= 4 is 0 Å². The summed E-state index contributed by atoms with van der Waals surface area (Å²) in [5.74, 6) is 0. The van der Waals surface area contributed by atoms with Gasteiger partial charge in [-0.25, -0.2) is 0 Å². The summed E-state index contributed by atoms with van der Waals surface area (Å²) in [6.07, 6.45) is 7.82. The summed E-state index contributed by atoms with van der Waals surface area (Å²) in [5.41, 5.74) is 1.58. The molecule has 1 aliphatic rings. The zero-order chi connectivity index (χ0) is 13.9. The first-order valence-corrected chi connectivity index (χ1v) is 7.53. The molecular formula is C15H28N4. The van der Waals surface area contributed by atoms with Gasteiger partial charge in [0.05, 0.1) is 6.20 Å². The predicted molar refractivity (Wildman–Crippen MR) is 79.0 cm³/mol. The van der Waals surface area contributed by atoms with Gasteiger partial charge in [-0.2, -0.15) is 5.10 Å². The number of rotatable bonds is 5. The first-order chi connectivity index (χ1) is 9.07. The molecule has 108 valence electrons. The molecule has 0 spiro atoms. The number of hydrogen-bond donors (Lipinski definition) is 1. The Morgan fingerprint density at radius 3 is 2.84 bits per heavy atom. The lowest BCUT2D eigenvalue weighted by atomic mass is 9.91. The van der Waals surface area contributed by atoms with Crippen LogP contribution in [-0.2, 0) is 13.6 Å². The lowest BCUT2D eigenvalue weighted by Gasteiger charge is -2.48. The Bertz CT molecular complexity index is 401. The summed E-state index contributed by atoms with van der Waals surface area (Å²) in [7, 11) is 1.99. The van der Waals surface area contributed by atoms with Crippen LogP contribution in [0.25, 0.3) is 0 Å². The summed E-state index contributed by atoms with van der Waals surface area (Å²) < 4.78 is 1.89. The fourth-order valence-electron chi connectivity index (χ4n) is 2.95. The lowest BCUT2D eigenvalue weighted by Crippen LogP contribution is -2.62. The van der Waals surface area contributed by atoms with Crippen LogP contribution in [-0.4, -0.2) is 39.4 Å². The number of aryl methyl sites for hydroxylation is 1. The zero-order valence-corrected chi connectivity index (χ0v) is 12.8. The summed E-state index contributed by atoms with van der Waals surface area (Å²) in [4.78, 5) is 2.64. The third-order valence-corrected chi connectivity index (χ3v) is 4.51. The molecule has 19 heavy (non-hydrogen) atoms. The van der Waals surface area contributed by atoms with Crippen LogP contribution >= 0.6 is 0 Å². The molecule has 1 aromatic heterocycles. The van der Waals surface area contributed by atoms with Gasteiger partial charge < -0.3 is 5.32 Å². The molecule has 4 heteroatoms. The first kappa shape index (κ1) is 14.5. The molecule has 1 N–H and O–H groups in total. The molecular weight excluding hydrogens is 236 g/mol. The van der Waals surface area contributed by atoms with Crippen molar-refractivity contribution in [2.24, 2.45) is 7.05 Å². The minimum Gasteiger partial charge on any atom is -0.311 e. The highest BCUT2D eigenvalue weighted by molar-refractivity contribution is 5.06. The van der Waals surface area contributed by atoms with Gasteiger partial charge in [-0.1, -0.05) is 20.3 Å². The van der Waals surface area contributed by atoms with Gasteiger partial charge >= 0.3 is 0 Å². The molecule has 0 aliphatic carbocycles. The molecule has 0 aromatic carbocycles. The van der Waals surface area contributed by atoms with Gasteiger partial charge in [0.15, 0.2) is 0 Å². The van der Waals surface area contributed by atoms with Crippen LogP contribution in [0.15, 0.2) is 12.4 Å². The van der Waals surface area contributed by atoms with E-state index < -0.39 is 0 Å². The summed E-state index contributed by atoms with van der Waals surface area (Å²) in [6.45, 7) is 10.2. The minimum atomic E-state index is 0.264. The Hall–Kier alpha value is -0.870. The highest BCUT2D eigenvalue weighted by Crippen LogP contribution is 2.25. The molecule has 2 heterocycles. The molecule has 1 fully saturated rings. The molecule has 1 saturated heterocycles. The van der Waals surface area contributed by atoms with Gasteiger partial charge in [0, 0.05) is 50.0 Å². The Labute approximate surface area is 117 Å². The molecule has 0 amide bonds. The number of hydrogen-bond acceptors (Lipinski definition) is 3. The van der Waals surface area contributed by atoms with Gasteiger partial charge in [0.2, 0.25) is 0 Å². The van der Waals surface area contributed by atoms with E-state index in [2.05, 4.69) is 42.3 Å². The fraction of sp³-hybridized carbons (Fsp3) is 0.800. The molecule has 0 saturated carbocycles. The van der Waals surface area contributed by atoms with Gasteiger partial charge in [-0.05, 0) is 19.8 Å². The lowest BCUT2D eigenvalue weighted by molar-refractivity contribution is 0.0396. The largest absolute Gasteiger partial charge is 0.311 e. The predicted octanol–water partition coefficient (Wildman–Crippen LogP) is 2.16. The van der Waals surface area contributed by atoms with E-state index in [4.69, 9.17) is 0 Å². The standard InChI is InChI=1S/C15H28N4/c1-5-7-14-11-19(15(3,6-2)12-16-14)10-13-8-17-18(4)9-13/h8-9,14,16H,5-7,10-12H2,1-4H3. The fourth-order valence-corrected chi connectivity index (χ4v) is 2.95. The van der Waals surface area contributed by atoms with Crippen molar-refractivity contribution in [3.05, 3.63) is 18.0 Å². The molecule has 4 nitrogen and oxygen atoms in total. The Morgan fingerprint density at radius 1 is 1.47 bits per heavy atom. The Kier molecular flexibility index (Phi) is 4.63. The second-order valence-corrected chi connectivity index (χ2v) is 6.12. The third kappa shape index (κ3) is 3.37. The maximum absolute atomic E-state index is 4.29. The maximum Gasteiger partial charge on any atom is 0.0534 e.